The smallest absolute Gasteiger partial charge is 0.250 e. The second kappa shape index (κ2) is 8.74. The summed E-state index contributed by atoms with van der Waals surface area (Å²) in [5.41, 5.74) is 9.51. The van der Waals surface area contributed by atoms with Crippen LogP contribution in [0.1, 0.15) is 30.9 Å². The van der Waals surface area contributed by atoms with Gasteiger partial charge in [-0.2, -0.15) is 5.26 Å². The number of hydrogen-bond donors (Lipinski definition) is 3. The normalized spacial score (nSPS) is 12.1. The first-order valence-corrected chi connectivity index (χ1v) is 11.0. The standard InChI is InChI=1S/C24H22N4O2S/c1-16(2)23-15-28(21-10-8-20(9-11-21)26-27-31(29)30)24-13-19(7-12-22(23)24)18-5-3-17(14-25)4-6-18/h3-13,15-16,26-27H,1-2H3,(H,29,30). The van der Waals surface area contributed by atoms with E-state index in [4.69, 9.17) is 9.81 Å². The van der Waals surface area contributed by atoms with Crippen molar-refractivity contribution >= 4 is 27.9 Å². The zero-order valence-electron chi connectivity index (χ0n) is 17.2. The van der Waals surface area contributed by atoms with Crippen molar-refractivity contribution in [2.45, 2.75) is 19.8 Å². The van der Waals surface area contributed by atoms with Gasteiger partial charge in [-0.15, -0.1) is 4.83 Å². The zero-order valence-corrected chi connectivity index (χ0v) is 18.0. The topological polar surface area (TPSA) is 90.1 Å². The summed E-state index contributed by atoms with van der Waals surface area (Å²) < 4.78 is 21.8. The van der Waals surface area contributed by atoms with Crippen LogP contribution in [-0.2, 0) is 11.3 Å². The molecule has 3 aromatic carbocycles. The van der Waals surface area contributed by atoms with Crippen LogP contribution in [0.5, 0.6) is 0 Å². The quantitative estimate of drug-likeness (QED) is 0.284. The van der Waals surface area contributed by atoms with Gasteiger partial charge in [0.05, 0.1) is 17.1 Å². The highest BCUT2D eigenvalue weighted by molar-refractivity contribution is 7.77. The van der Waals surface area contributed by atoms with Crippen LogP contribution in [0.3, 0.4) is 0 Å². The van der Waals surface area contributed by atoms with E-state index in [2.05, 4.69) is 59.1 Å². The van der Waals surface area contributed by atoms with Gasteiger partial charge in [-0.3, -0.25) is 4.55 Å². The largest absolute Gasteiger partial charge is 0.316 e. The summed E-state index contributed by atoms with van der Waals surface area (Å²) in [6.07, 6.45) is 2.17. The molecule has 0 amide bonds. The molecule has 4 rings (SSSR count). The maximum atomic E-state index is 10.8. The molecule has 7 heteroatoms. The van der Waals surface area contributed by atoms with Crippen LogP contribution in [0.4, 0.5) is 5.69 Å². The monoisotopic (exact) mass is 430 g/mol. The van der Waals surface area contributed by atoms with E-state index < -0.39 is 11.3 Å². The first kappa shape index (κ1) is 20.8. The third-order valence-corrected chi connectivity index (χ3v) is 5.51. The van der Waals surface area contributed by atoms with E-state index in [1.165, 1.54) is 10.9 Å². The summed E-state index contributed by atoms with van der Waals surface area (Å²) in [5, 5.41) is 10.2. The lowest BCUT2D eigenvalue weighted by molar-refractivity contribution is 0.555. The van der Waals surface area contributed by atoms with E-state index in [-0.39, 0.29) is 0 Å². The molecular formula is C24H22N4O2S. The lowest BCUT2D eigenvalue weighted by Gasteiger charge is -2.09. The molecule has 31 heavy (non-hydrogen) atoms. The summed E-state index contributed by atoms with van der Waals surface area (Å²) in [6, 6.07) is 23.8. The Morgan fingerprint density at radius 2 is 1.68 bits per heavy atom. The molecule has 0 aliphatic heterocycles. The number of benzene rings is 3. The molecular weight excluding hydrogens is 408 g/mol. The van der Waals surface area contributed by atoms with E-state index in [9.17, 15) is 4.21 Å². The van der Waals surface area contributed by atoms with Crippen LogP contribution < -0.4 is 10.3 Å². The lowest BCUT2D eigenvalue weighted by Crippen LogP contribution is -2.23. The fourth-order valence-electron chi connectivity index (χ4n) is 3.65. The number of nitrogens with zero attached hydrogens (tertiary/aromatic N) is 2. The minimum Gasteiger partial charge on any atom is -0.316 e. The highest BCUT2D eigenvalue weighted by atomic mass is 32.2. The third kappa shape index (κ3) is 4.37. The molecule has 0 saturated heterocycles. The fraction of sp³-hybridized carbons (Fsp3) is 0.125. The average molecular weight is 431 g/mol. The molecule has 4 aromatic rings. The van der Waals surface area contributed by atoms with Crippen molar-refractivity contribution in [3.8, 4) is 22.9 Å². The number of nitrogens with one attached hydrogen (secondary N) is 2. The molecule has 0 spiro atoms. The molecule has 1 aromatic heterocycles. The van der Waals surface area contributed by atoms with Crippen molar-refractivity contribution in [2.24, 2.45) is 0 Å². The molecule has 3 N–H and O–H groups in total. The molecule has 6 nitrogen and oxygen atoms in total. The molecule has 0 aliphatic carbocycles. The molecule has 0 bridgehead atoms. The highest BCUT2D eigenvalue weighted by Gasteiger charge is 2.14. The molecule has 0 saturated carbocycles. The average Bonchev–Trinajstić information content (AvgIpc) is 3.17. The van der Waals surface area contributed by atoms with Gasteiger partial charge in [-0.05, 0) is 65.1 Å². The second-order valence-electron chi connectivity index (χ2n) is 7.55. The summed E-state index contributed by atoms with van der Waals surface area (Å²) in [6.45, 7) is 4.36. The maximum Gasteiger partial charge on any atom is 0.250 e. The van der Waals surface area contributed by atoms with Crippen molar-refractivity contribution in [2.75, 3.05) is 5.43 Å². The van der Waals surface area contributed by atoms with Crippen molar-refractivity contribution in [1.29, 1.82) is 5.26 Å². The molecule has 1 atom stereocenters. The van der Waals surface area contributed by atoms with Crippen molar-refractivity contribution in [3.63, 3.8) is 0 Å². The van der Waals surface area contributed by atoms with Gasteiger partial charge in [0.1, 0.15) is 0 Å². The highest BCUT2D eigenvalue weighted by Crippen LogP contribution is 2.33. The number of aromatic nitrogens is 1. The number of anilines is 1. The minimum atomic E-state index is -2.14. The van der Waals surface area contributed by atoms with E-state index in [1.54, 1.807) is 0 Å². The SMILES string of the molecule is CC(C)c1cn(-c2ccc(NNS(=O)O)cc2)c2cc(-c3ccc(C#N)cc3)ccc12. The Labute approximate surface area is 183 Å². The van der Waals surface area contributed by atoms with Gasteiger partial charge < -0.3 is 9.99 Å². The number of hydrogen-bond acceptors (Lipinski definition) is 3. The Kier molecular flexibility index (Phi) is 5.87. The van der Waals surface area contributed by atoms with Gasteiger partial charge in [0.15, 0.2) is 0 Å². The van der Waals surface area contributed by atoms with Crippen LogP contribution >= 0.6 is 0 Å². The van der Waals surface area contributed by atoms with Crippen molar-refractivity contribution < 1.29 is 8.76 Å². The lowest BCUT2D eigenvalue weighted by atomic mass is 9.99. The van der Waals surface area contributed by atoms with Gasteiger partial charge in [0.2, 0.25) is 11.3 Å². The fourth-order valence-corrected chi connectivity index (χ4v) is 3.86. The molecule has 1 unspecified atom stereocenters. The Morgan fingerprint density at radius 3 is 2.29 bits per heavy atom. The van der Waals surface area contributed by atoms with Crippen LogP contribution in [0.2, 0.25) is 0 Å². The Hall–Kier alpha value is -3.44. The predicted molar refractivity (Wildman–Crippen MR) is 125 cm³/mol. The first-order valence-electron chi connectivity index (χ1n) is 9.85. The minimum absolute atomic E-state index is 0.370. The number of fused-ring (bicyclic) bond motifs is 1. The second-order valence-corrected chi connectivity index (χ2v) is 8.26. The molecule has 0 radical (unpaired) electrons. The van der Waals surface area contributed by atoms with Gasteiger partial charge in [-0.1, -0.05) is 38.1 Å². The summed E-state index contributed by atoms with van der Waals surface area (Å²) in [7, 11) is 0. The van der Waals surface area contributed by atoms with E-state index in [0.29, 0.717) is 17.2 Å². The Bertz CT molecular complexity index is 1290. The summed E-state index contributed by atoms with van der Waals surface area (Å²) in [4.78, 5) is 2.25. The van der Waals surface area contributed by atoms with Crippen LogP contribution in [0.15, 0.2) is 72.9 Å². The van der Waals surface area contributed by atoms with Crippen molar-refractivity contribution in [1.82, 2.24) is 9.40 Å². The maximum absolute atomic E-state index is 10.8. The van der Waals surface area contributed by atoms with Gasteiger partial charge in [0, 0.05) is 23.0 Å². The van der Waals surface area contributed by atoms with Crippen molar-refractivity contribution in [3.05, 3.63) is 84.1 Å². The zero-order chi connectivity index (χ0) is 22.0. The summed E-state index contributed by atoms with van der Waals surface area (Å²) in [5.74, 6) is 0.370. The summed E-state index contributed by atoms with van der Waals surface area (Å²) >= 11 is -2.14. The van der Waals surface area contributed by atoms with E-state index in [0.717, 1.165) is 22.3 Å². The van der Waals surface area contributed by atoms with Crippen LogP contribution in [0.25, 0.3) is 27.7 Å². The molecule has 1 heterocycles. The Balaban J connectivity index is 1.78. The van der Waals surface area contributed by atoms with Gasteiger partial charge in [0.25, 0.3) is 0 Å². The van der Waals surface area contributed by atoms with Crippen LogP contribution in [-0.4, -0.2) is 13.3 Å². The number of nitriles is 1. The predicted octanol–water partition coefficient (Wildman–Crippen LogP) is 5.35. The Morgan fingerprint density at radius 1 is 1.00 bits per heavy atom. The molecule has 0 fully saturated rings. The number of rotatable bonds is 6. The molecule has 0 aliphatic rings. The van der Waals surface area contributed by atoms with E-state index >= 15 is 0 Å². The first-order chi connectivity index (χ1) is 15.0. The number of hydrazine groups is 1. The van der Waals surface area contributed by atoms with Gasteiger partial charge in [-0.25, -0.2) is 4.21 Å². The van der Waals surface area contributed by atoms with Gasteiger partial charge >= 0.3 is 0 Å². The van der Waals surface area contributed by atoms with Crippen LogP contribution in [0, 0.1) is 11.3 Å². The molecule has 156 valence electrons. The third-order valence-electron chi connectivity index (χ3n) is 5.23. The van der Waals surface area contributed by atoms with E-state index in [1.807, 2.05) is 48.5 Å².